The van der Waals surface area contributed by atoms with E-state index < -0.39 is 0 Å². The largest absolute Gasteiger partial charge is 0.207 e. The van der Waals surface area contributed by atoms with E-state index in [0.29, 0.717) is 5.56 Å². The molecule has 0 heterocycles. The van der Waals surface area contributed by atoms with Crippen molar-refractivity contribution in [2.75, 3.05) is 0 Å². The molecule has 2 aromatic carbocycles. The van der Waals surface area contributed by atoms with Crippen LogP contribution in [0.5, 0.6) is 0 Å². The summed E-state index contributed by atoms with van der Waals surface area (Å²) in [5.74, 6) is 2.13. The van der Waals surface area contributed by atoms with Crippen LogP contribution in [0.15, 0.2) is 54.6 Å². The molecule has 0 nitrogen and oxygen atoms in total. The van der Waals surface area contributed by atoms with Gasteiger partial charge in [-0.25, -0.2) is 4.39 Å². The average Bonchev–Trinajstić information content (AvgIpc) is 2.32. The zero-order chi connectivity index (χ0) is 11.8. The minimum Gasteiger partial charge on any atom is -0.207 e. The standard InChI is InChI=1S/C8H5F.C7H8/c1-2-7-3-5-8(9)6-4-7;1-7-5-3-2-4-6-7/h1,3-6H;2-6H,1H3. The van der Waals surface area contributed by atoms with Crippen LogP contribution in [0.2, 0.25) is 0 Å². The molecule has 0 unspecified atom stereocenters. The number of halogens is 1. The van der Waals surface area contributed by atoms with Gasteiger partial charge in [-0.1, -0.05) is 41.8 Å². The van der Waals surface area contributed by atoms with Gasteiger partial charge in [-0.05, 0) is 31.2 Å². The van der Waals surface area contributed by atoms with Crippen LogP contribution in [0.3, 0.4) is 0 Å². The molecule has 80 valence electrons. The Kier molecular flexibility index (Phi) is 4.82. The summed E-state index contributed by atoms with van der Waals surface area (Å²) in [6, 6.07) is 16.1. The number of terminal acetylenes is 1. The Balaban J connectivity index is 0.000000165. The lowest BCUT2D eigenvalue weighted by Crippen LogP contribution is -1.73. The summed E-state index contributed by atoms with van der Waals surface area (Å²) in [7, 11) is 0. The molecule has 16 heavy (non-hydrogen) atoms. The van der Waals surface area contributed by atoms with Crippen molar-refractivity contribution in [2.45, 2.75) is 6.92 Å². The van der Waals surface area contributed by atoms with Crippen molar-refractivity contribution < 1.29 is 4.39 Å². The van der Waals surface area contributed by atoms with Gasteiger partial charge in [0, 0.05) is 5.56 Å². The van der Waals surface area contributed by atoms with Gasteiger partial charge in [-0.2, -0.15) is 0 Å². The zero-order valence-corrected chi connectivity index (χ0v) is 9.15. The number of hydrogen-bond donors (Lipinski definition) is 0. The summed E-state index contributed by atoms with van der Waals surface area (Å²) >= 11 is 0. The van der Waals surface area contributed by atoms with E-state index in [4.69, 9.17) is 6.42 Å². The molecule has 0 bridgehead atoms. The second kappa shape index (κ2) is 6.42. The van der Waals surface area contributed by atoms with Crippen LogP contribution >= 0.6 is 0 Å². The van der Waals surface area contributed by atoms with Gasteiger partial charge in [0.25, 0.3) is 0 Å². The predicted molar refractivity (Wildman–Crippen MR) is 65.5 cm³/mol. The summed E-state index contributed by atoms with van der Waals surface area (Å²) < 4.78 is 12.2. The molecule has 0 spiro atoms. The van der Waals surface area contributed by atoms with Crippen LogP contribution in [-0.4, -0.2) is 0 Å². The fourth-order valence-electron chi connectivity index (χ4n) is 1.08. The highest BCUT2D eigenvalue weighted by Gasteiger charge is 1.86. The van der Waals surface area contributed by atoms with E-state index in [1.54, 1.807) is 12.1 Å². The molecule has 0 aliphatic carbocycles. The Morgan fingerprint density at radius 3 is 1.88 bits per heavy atom. The maximum Gasteiger partial charge on any atom is 0.123 e. The lowest BCUT2D eigenvalue weighted by molar-refractivity contribution is 0.627. The van der Waals surface area contributed by atoms with E-state index in [1.165, 1.54) is 17.7 Å². The summed E-state index contributed by atoms with van der Waals surface area (Å²) in [5, 5.41) is 0. The minimum absolute atomic E-state index is 0.256. The number of hydrogen-bond acceptors (Lipinski definition) is 0. The molecule has 0 aliphatic heterocycles. The minimum atomic E-state index is -0.256. The van der Waals surface area contributed by atoms with Crippen molar-refractivity contribution in [3.63, 3.8) is 0 Å². The van der Waals surface area contributed by atoms with Gasteiger partial charge in [-0.3, -0.25) is 0 Å². The number of benzene rings is 2. The second-order valence-electron chi connectivity index (χ2n) is 3.31. The molecular weight excluding hydrogens is 199 g/mol. The van der Waals surface area contributed by atoms with E-state index >= 15 is 0 Å². The van der Waals surface area contributed by atoms with Crippen molar-refractivity contribution >= 4 is 0 Å². The summed E-state index contributed by atoms with van der Waals surface area (Å²) in [6.45, 7) is 2.08. The van der Waals surface area contributed by atoms with Gasteiger partial charge in [-0.15, -0.1) is 6.42 Å². The Bertz CT molecular complexity index is 449. The first-order valence-corrected chi connectivity index (χ1v) is 4.96. The first kappa shape index (κ1) is 12.0. The van der Waals surface area contributed by atoms with E-state index in [2.05, 4.69) is 25.0 Å². The van der Waals surface area contributed by atoms with Gasteiger partial charge in [0.2, 0.25) is 0 Å². The maximum absolute atomic E-state index is 12.2. The molecule has 0 aromatic heterocycles. The highest BCUT2D eigenvalue weighted by atomic mass is 19.1. The topological polar surface area (TPSA) is 0 Å². The third-order valence-electron chi connectivity index (χ3n) is 1.95. The maximum atomic E-state index is 12.2. The smallest absolute Gasteiger partial charge is 0.123 e. The molecule has 2 aromatic rings. The van der Waals surface area contributed by atoms with Crippen LogP contribution < -0.4 is 0 Å². The van der Waals surface area contributed by atoms with Gasteiger partial charge >= 0.3 is 0 Å². The highest BCUT2D eigenvalue weighted by molar-refractivity contribution is 5.31. The SMILES string of the molecule is C#Cc1ccc(F)cc1.Cc1ccccc1. The first-order chi connectivity index (χ1) is 7.72. The average molecular weight is 212 g/mol. The summed E-state index contributed by atoms with van der Waals surface area (Å²) in [6.07, 6.45) is 5.03. The van der Waals surface area contributed by atoms with E-state index in [0.717, 1.165) is 0 Å². The van der Waals surface area contributed by atoms with E-state index in [9.17, 15) is 4.39 Å². The molecule has 2 rings (SSSR count). The van der Waals surface area contributed by atoms with Gasteiger partial charge in [0.05, 0.1) is 0 Å². The molecule has 0 saturated heterocycles. The zero-order valence-electron chi connectivity index (χ0n) is 9.15. The lowest BCUT2D eigenvalue weighted by atomic mass is 10.2. The predicted octanol–water partition coefficient (Wildman–Crippen LogP) is 3.80. The van der Waals surface area contributed by atoms with Gasteiger partial charge in [0.15, 0.2) is 0 Å². The Morgan fingerprint density at radius 1 is 0.938 bits per heavy atom. The molecule has 0 amide bonds. The van der Waals surface area contributed by atoms with E-state index in [-0.39, 0.29) is 5.82 Å². The van der Waals surface area contributed by atoms with Crippen LogP contribution in [0.4, 0.5) is 4.39 Å². The molecule has 0 saturated carbocycles. The summed E-state index contributed by atoms with van der Waals surface area (Å²) in [5.41, 5.74) is 2.03. The Morgan fingerprint density at radius 2 is 1.50 bits per heavy atom. The second-order valence-corrected chi connectivity index (χ2v) is 3.31. The Labute approximate surface area is 95.8 Å². The fourth-order valence-corrected chi connectivity index (χ4v) is 1.08. The Hall–Kier alpha value is -2.07. The highest BCUT2D eigenvalue weighted by Crippen LogP contribution is 1.99. The third-order valence-corrected chi connectivity index (χ3v) is 1.95. The van der Waals surface area contributed by atoms with Crippen molar-refractivity contribution in [2.24, 2.45) is 0 Å². The molecule has 0 radical (unpaired) electrons. The van der Waals surface area contributed by atoms with Crippen molar-refractivity contribution in [3.05, 3.63) is 71.5 Å². The molecular formula is C15H13F. The van der Waals surface area contributed by atoms with Crippen LogP contribution in [0.25, 0.3) is 0 Å². The molecule has 0 atom stereocenters. The quantitative estimate of drug-likeness (QED) is 0.583. The molecule has 1 heteroatoms. The monoisotopic (exact) mass is 212 g/mol. The third kappa shape index (κ3) is 4.43. The van der Waals surface area contributed by atoms with Crippen molar-refractivity contribution in [1.82, 2.24) is 0 Å². The molecule has 0 fully saturated rings. The lowest BCUT2D eigenvalue weighted by Gasteiger charge is -1.86. The van der Waals surface area contributed by atoms with Crippen molar-refractivity contribution in [1.29, 1.82) is 0 Å². The van der Waals surface area contributed by atoms with Gasteiger partial charge < -0.3 is 0 Å². The van der Waals surface area contributed by atoms with Crippen molar-refractivity contribution in [3.8, 4) is 12.3 Å². The van der Waals surface area contributed by atoms with E-state index in [1.807, 2.05) is 18.2 Å². The van der Waals surface area contributed by atoms with Gasteiger partial charge in [0.1, 0.15) is 5.82 Å². The van der Waals surface area contributed by atoms with Crippen LogP contribution in [0.1, 0.15) is 11.1 Å². The summed E-state index contributed by atoms with van der Waals surface area (Å²) in [4.78, 5) is 0. The normalized spacial score (nSPS) is 8.56. The first-order valence-electron chi connectivity index (χ1n) is 4.96. The molecule has 0 N–H and O–H groups in total. The van der Waals surface area contributed by atoms with Crippen LogP contribution in [0, 0.1) is 25.1 Å². The molecule has 0 aliphatic rings. The fraction of sp³-hybridized carbons (Fsp3) is 0.0667. The van der Waals surface area contributed by atoms with Crippen LogP contribution in [-0.2, 0) is 0 Å². The number of aryl methyl sites for hydroxylation is 1. The number of rotatable bonds is 0.